The first-order valence-corrected chi connectivity index (χ1v) is 11.1. The number of fused-ring (bicyclic) bond motifs is 1. The van der Waals surface area contributed by atoms with Gasteiger partial charge in [0.25, 0.3) is 0 Å². The first-order chi connectivity index (χ1) is 14.3. The first-order valence-electron chi connectivity index (χ1n) is 8.98. The lowest BCUT2D eigenvalue weighted by molar-refractivity contribution is -0.116. The van der Waals surface area contributed by atoms with Crippen LogP contribution in [0.4, 0.5) is 5.69 Å². The molecule has 0 bridgehead atoms. The second-order valence-electron chi connectivity index (χ2n) is 6.29. The van der Waals surface area contributed by atoms with Crippen molar-refractivity contribution in [3.63, 3.8) is 0 Å². The Hall–Kier alpha value is -2.49. The summed E-state index contributed by atoms with van der Waals surface area (Å²) < 4.78 is 38.2. The Labute approximate surface area is 184 Å². The monoisotopic (exact) mass is 472 g/mol. The molecular weight excluding hydrogens is 455 g/mol. The molecule has 30 heavy (non-hydrogen) atoms. The summed E-state index contributed by atoms with van der Waals surface area (Å²) in [5.41, 5.74) is 1.85. The highest BCUT2D eigenvalue weighted by Gasteiger charge is 2.16. The van der Waals surface area contributed by atoms with Crippen LogP contribution in [0.3, 0.4) is 0 Å². The summed E-state index contributed by atoms with van der Waals surface area (Å²) in [7, 11) is -4.37. The Bertz CT molecular complexity index is 1060. The second-order valence-corrected chi connectivity index (χ2v) is 8.23. The molecule has 0 spiro atoms. The van der Waals surface area contributed by atoms with E-state index in [1.165, 1.54) is 24.4 Å². The molecule has 0 saturated carbocycles. The number of amides is 1. The fourth-order valence-corrected chi connectivity index (χ4v) is 3.44. The molecule has 0 unspecified atom stereocenters. The van der Waals surface area contributed by atoms with Crippen LogP contribution in [0, 0.1) is 0 Å². The molecule has 1 N–H and O–H groups in total. The van der Waals surface area contributed by atoms with E-state index in [1.807, 2.05) is 12.1 Å². The van der Waals surface area contributed by atoms with Crippen LogP contribution >= 0.6 is 23.2 Å². The van der Waals surface area contributed by atoms with Gasteiger partial charge >= 0.3 is 10.4 Å². The number of anilines is 1. The van der Waals surface area contributed by atoms with Crippen molar-refractivity contribution in [1.82, 2.24) is 0 Å². The summed E-state index contributed by atoms with van der Waals surface area (Å²) in [4.78, 5) is 11.4. The highest BCUT2D eigenvalue weighted by atomic mass is 35.5. The van der Waals surface area contributed by atoms with Gasteiger partial charge in [-0.2, -0.15) is 0 Å². The molecule has 1 aliphatic rings. The number of nitrogens with one attached hydrogen (secondary N) is 1. The van der Waals surface area contributed by atoms with Gasteiger partial charge in [-0.05, 0) is 55.2 Å². The number of rotatable bonds is 9. The lowest BCUT2D eigenvalue weighted by atomic mass is 10.0. The van der Waals surface area contributed by atoms with Gasteiger partial charge in [0, 0.05) is 24.4 Å². The minimum absolute atomic E-state index is 0.0158. The van der Waals surface area contributed by atoms with E-state index in [-0.39, 0.29) is 21.7 Å². The predicted octanol–water partition coefficient (Wildman–Crippen LogP) is 4.36. The minimum Gasteiger partial charge on any atom is -0.494 e. The van der Waals surface area contributed by atoms with Crippen molar-refractivity contribution in [2.24, 2.45) is 5.16 Å². The SMILES string of the molecule is O=C1CCc2cc(OCCCC=NOS(=O)(=O)Oc3ccc(Cl)c(Cl)c3)ccc2N1. The van der Waals surface area contributed by atoms with E-state index in [0.717, 1.165) is 11.3 Å². The second kappa shape index (κ2) is 10.0. The maximum atomic E-state index is 11.7. The molecule has 1 heterocycles. The van der Waals surface area contributed by atoms with Gasteiger partial charge in [-0.15, -0.1) is 8.42 Å². The maximum Gasteiger partial charge on any atom is 0.521 e. The molecule has 0 aliphatic carbocycles. The highest BCUT2D eigenvalue weighted by molar-refractivity contribution is 7.82. The zero-order valence-electron chi connectivity index (χ0n) is 15.6. The smallest absolute Gasteiger partial charge is 0.494 e. The van der Waals surface area contributed by atoms with Crippen LogP contribution < -0.4 is 14.2 Å². The van der Waals surface area contributed by atoms with Gasteiger partial charge in [-0.1, -0.05) is 28.4 Å². The van der Waals surface area contributed by atoms with Crippen molar-refractivity contribution >= 4 is 51.4 Å². The van der Waals surface area contributed by atoms with Crippen LogP contribution in [0.25, 0.3) is 0 Å². The molecular formula is C19H18Cl2N2O6S. The molecule has 8 nitrogen and oxygen atoms in total. The lowest BCUT2D eigenvalue weighted by Gasteiger charge is -2.17. The molecule has 0 fully saturated rings. The van der Waals surface area contributed by atoms with E-state index in [0.29, 0.717) is 38.0 Å². The van der Waals surface area contributed by atoms with E-state index < -0.39 is 10.4 Å². The molecule has 2 aromatic carbocycles. The van der Waals surface area contributed by atoms with Crippen LogP contribution in [0.5, 0.6) is 11.5 Å². The Morgan fingerprint density at radius 2 is 1.87 bits per heavy atom. The number of unbranched alkanes of at least 4 members (excludes halogenated alkanes) is 1. The largest absolute Gasteiger partial charge is 0.521 e. The average molecular weight is 473 g/mol. The standard InChI is InChI=1S/C19H18Cl2N2O6S/c20-16-6-4-15(12-17(16)21)28-30(25,26)29-22-9-1-2-10-27-14-5-7-18-13(11-14)3-8-19(24)23-18/h4-7,9,11-12H,1-3,8,10H2,(H,23,24). The Kier molecular flexibility index (Phi) is 7.41. The van der Waals surface area contributed by atoms with Crippen molar-refractivity contribution in [2.75, 3.05) is 11.9 Å². The summed E-state index contributed by atoms with van der Waals surface area (Å²) in [6.45, 7) is 0.406. The van der Waals surface area contributed by atoms with Gasteiger partial charge in [0.05, 0.1) is 16.7 Å². The normalized spacial score (nSPS) is 13.6. The number of benzene rings is 2. The van der Waals surface area contributed by atoms with E-state index in [4.69, 9.17) is 32.1 Å². The van der Waals surface area contributed by atoms with Crippen LogP contribution in [0.2, 0.25) is 10.0 Å². The van der Waals surface area contributed by atoms with E-state index in [9.17, 15) is 13.2 Å². The zero-order valence-corrected chi connectivity index (χ0v) is 18.0. The number of carbonyl (C=O) groups excluding carboxylic acids is 1. The molecule has 160 valence electrons. The third-order valence-corrected chi connectivity index (χ3v) is 5.42. The molecule has 0 radical (unpaired) electrons. The Morgan fingerprint density at radius 1 is 1.07 bits per heavy atom. The van der Waals surface area contributed by atoms with Gasteiger partial charge in [-0.3, -0.25) is 4.79 Å². The van der Waals surface area contributed by atoms with Gasteiger partial charge in [0.15, 0.2) is 0 Å². The number of hydrogen-bond donors (Lipinski definition) is 1. The summed E-state index contributed by atoms with van der Waals surface area (Å²) in [5, 5.41) is 6.63. The van der Waals surface area contributed by atoms with Gasteiger partial charge < -0.3 is 14.2 Å². The Balaban J connectivity index is 1.38. The summed E-state index contributed by atoms with van der Waals surface area (Å²) in [6, 6.07) is 9.49. The highest BCUT2D eigenvalue weighted by Crippen LogP contribution is 2.28. The minimum atomic E-state index is -4.37. The quantitative estimate of drug-likeness (QED) is 0.330. The van der Waals surface area contributed by atoms with Gasteiger partial charge in [0.2, 0.25) is 5.91 Å². The molecule has 1 aliphatic heterocycles. The number of halogens is 2. The van der Waals surface area contributed by atoms with Crippen LogP contribution in [-0.2, 0) is 25.9 Å². The summed E-state index contributed by atoms with van der Waals surface area (Å²) in [5.74, 6) is 0.676. The average Bonchev–Trinajstić information content (AvgIpc) is 2.70. The number of nitrogens with zero attached hydrogens (tertiary/aromatic N) is 1. The zero-order chi connectivity index (χ0) is 21.6. The van der Waals surface area contributed by atoms with Crippen LogP contribution in [-0.4, -0.2) is 27.1 Å². The lowest BCUT2D eigenvalue weighted by Crippen LogP contribution is -2.18. The first kappa shape index (κ1) is 22.2. The van der Waals surface area contributed by atoms with Crippen molar-refractivity contribution in [2.45, 2.75) is 25.7 Å². The van der Waals surface area contributed by atoms with Crippen molar-refractivity contribution in [1.29, 1.82) is 0 Å². The number of oxime groups is 1. The molecule has 0 aromatic heterocycles. The van der Waals surface area contributed by atoms with Crippen LogP contribution in [0.1, 0.15) is 24.8 Å². The van der Waals surface area contributed by atoms with Crippen molar-refractivity contribution in [3.05, 3.63) is 52.0 Å². The number of aryl methyl sites for hydroxylation is 1. The third-order valence-electron chi connectivity index (χ3n) is 4.02. The topological polar surface area (TPSA) is 103 Å². The molecule has 1 amide bonds. The third kappa shape index (κ3) is 6.51. The van der Waals surface area contributed by atoms with Crippen molar-refractivity contribution in [3.8, 4) is 11.5 Å². The van der Waals surface area contributed by atoms with Gasteiger partial charge in [0.1, 0.15) is 11.5 Å². The fourth-order valence-electron chi connectivity index (χ4n) is 2.61. The summed E-state index contributed by atoms with van der Waals surface area (Å²) in [6.07, 6.45) is 3.48. The molecule has 3 rings (SSSR count). The van der Waals surface area contributed by atoms with E-state index >= 15 is 0 Å². The Morgan fingerprint density at radius 3 is 2.67 bits per heavy atom. The molecule has 0 saturated heterocycles. The number of hydrogen-bond acceptors (Lipinski definition) is 7. The van der Waals surface area contributed by atoms with Crippen molar-refractivity contribution < 1.29 is 26.4 Å². The van der Waals surface area contributed by atoms with E-state index in [2.05, 4.69) is 14.8 Å². The molecule has 2 aromatic rings. The summed E-state index contributed by atoms with van der Waals surface area (Å²) >= 11 is 11.6. The maximum absolute atomic E-state index is 11.7. The van der Waals surface area contributed by atoms with Gasteiger partial charge in [-0.25, -0.2) is 4.28 Å². The predicted molar refractivity (Wildman–Crippen MR) is 114 cm³/mol. The number of carbonyl (C=O) groups is 1. The van der Waals surface area contributed by atoms with E-state index in [1.54, 1.807) is 6.07 Å². The molecule has 11 heteroatoms. The fraction of sp³-hybridized carbons (Fsp3) is 0.263. The van der Waals surface area contributed by atoms with Crippen LogP contribution in [0.15, 0.2) is 41.6 Å². The molecule has 0 atom stereocenters. The number of ether oxygens (including phenoxy) is 1.